The highest BCUT2D eigenvalue weighted by atomic mass is 35.5. The molecular weight excluding hydrogens is 256 g/mol. The van der Waals surface area contributed by atoms with Crippen LogP contribution in [0.3, 0.4) is 0 Å². The molecule has 18 heavy (non-hydrogen) atoms. The van der Waals surface area contributed by atoms with Crippen LogP contribution in [0.25, 0.3) is 5.82 Å². The fourth-order valence-electron chi connectivity index (χ4n) is 1.36. The molecule has 0 radical (unpaired) electrons. The van der Waals surface area contributed by atoms with Crippen LogP contribution >= 0.6 is 11.6 Å². The first-order valence-electron chi connectivity index (χ1n) is 5.34. The summed E-state index contributed by atoms with van der Waals surface area (Å²) >= 11 is 5.74. The molecule has 0 saturated carbocycles. The lowest BCUT2D eigenvalue weighted by atomic mass is 10.3. The fraction of sp³-hybridized carbons (Fsp3) is 0.273. The topological polar surface area (TPSA) is 69.9 Å². The minimum absolute atomic E-state index is 0.189. The number of esters is 1. The van der Waals surface area contributed by atoms with Gasteiger partial charge in [0.15, 0.2) is 11.5 Å². The summed E-state index contributed by atoms with van der Waals surface area (Å²) in [6, 6.07) is 3.34. The highest BCUT2D eigenvalue weighted by molar-refractivity contribution is 6.30. The Bertz CT molecular complexity index is 565. The predicted molar refractivity (Wildman–Crippen MR) is 64.9 cm³/mol. The molecule has 2 aromatic heterocycles. The number of hydrogen-bond acceptors (Lipinski definition) is 5. The van der Waals surface area contributed by atoms with Gasteiger partial charge in [-0.1, -0.05) is 11.6 Å². The van der Waals surface area contributed by atoms with Gasteiger partial charge in [0.2, 0.25) is 0 Å². The second kappa shape index (κ2) is 5.14. The molecule has 2 aromatic rings. The quantitative estimate of drug-likeness (QED) is 0.793. The van der Waals surface area contributed by atoms with Gasteiger partial charge in [-0.15, -0.1) is 9.90 Å². The van der Waals surface area contributed by atoms with Crippen LogP contribution in [0.2, 0.25) is 5.02 Å². The van der Waals surface area contributed by atoms with E-state index in [-0.39, 0.29) is 5.69 Å². The number of hydrogen-bond donors (Lipinski definition) is 0. The van der Waals surface area contributed by atoms with E-state index >= 15 is 0 Å². The van der Waals surface area contributed by atoms with E-state index in [2.05, 4.69) is 15.2 Å². The molecule has 0 aliphatic rings. The normalized spacial score (nSPS) is 10.4. The molecule has 2 rings (SSSR count). The first kappa shape index (κ1) is 12.5. The van der Waals surface area contributed by atoms with Crippen LogP contribution in [0.4, 0.5) is 0 Å². The van der Waals surface area contributed by atoms with Crippen molar-refractivity contribution in [2.45, 2.75) is 13.8 Å². The van der Waals surface area contributed by atoms with Crippen LogP contribution in [-0.2, 0) is 4.74 Å². The van der Waals surface area contributed by atoms with Gasteiger partial charge >= 0.3 is 5.97 Å². The predicted octanol–water partition coefficient (Wildman–Crippen LogP) is 1.80. The number of ether oxygens (including phenoxy) is 1. The lowest BCUT2D eigenvalue weighted by Gasteiger charge is -1.98. The molecule has 0 spiro atoms. The summed E-state index contributed by atoms with van der Waals surface area (Å²) in [5.41, 5.74) is 0.679. The van der Waals surface area contributed by atoms with Gasteiger partial charge in [0.25, 0.3) is 0 Å². The molecule has 0 unspecified atom stereocenters. The summed E-state index contributed by atoms with van der Waals surface area (Å²) in [5, 5.41) is 8.69. The number of aromatic nitrogens is 4. The number of carbonyl (C=O) groups is 1. The maximum absolute atomic E-state index is 11.6. The van der Waals surface area contributed by atoms with E-state index in [1.807, 2.05) is 0 Å². The van der Waals surface area contributed by atoms with E-state index in [1.165, 1.54) is 11.0 Å². The van der Waals surface area contributed by atoms with Crippen molar-refractivity contribution in [2.75, 3.05) is 6.61 Å². The SMILES string of the molecule is CCOC(=O)c1nn(-c2ccc(Cl)cn2)nc1C. The molecule has 0 aliphatic heterocycles. The van der Waals surface area contributed by atoms with Crippen LogP contribution in [0, 0.1) is 6.92 Å². The number of pyridine rings is 1. The third kappa shape index (κ3) is 2.48. The maximum Gasteiger partial charge on any atom is 0.360 e. The molecule has 0 amide bonds. The van der Waals surface area contributed by atoms with Gasteiger partial charge in [-0.3, -0.25) is 0 Å². The molecule has 7 heteroatoms. The first-order valence-corrected chi connectivity index (χ1v) is 5.72. The number of halogens is 1. The average molecular weight is 267 g/mol. The molecule has 0 fully saturated rings. The van der Waals surface area contributed by atoms with Gasteiger partial charge in [0.1, 0.15) is 0 Å². The summed E-state index contributed by atoms with van der Waals surface area (Å²) in [4.78, 5) is 16.9. The summed E-state index contributed by atoms with van der Waals surface area (Å²) in [7, 11) is 0. The Morgan fingerprint density at radius 2 is 2.22 bits per heavy atom. The minimum atomic E-state index is -0.491. The molecule has 0 atom stereocenters. The molecule has 94 valence electrons. The van der Waals surface area contributed by atoms with E-state index in [9.17, 15) is 4.79 Å². The van der Waals surface area contributed by atoms with Crippen LogP contribution in [0.5, 0.6) is 0 Å². The van der Waals surface area contributed by atoms with Crippen molar-refractivity contribution in [3.63, 3.8) is 0 Å². The van der Waals surface area contributed by atoms with E-state index in [4.69, 9.17) is 16.3 Å². The Balaban J connectivity index is 2.34. The lowest BCUT2D eigenvalue weighted by molar-refractivity contribution is 0.0518. The maximum atomic E-state index is 11.6. The van der Waals surface area contributed by atoms with E-state index < -0.39 is 5.97 Å². The molecule has 0 saturated heterocycles. The van der Waals surface area contributed by atoms with Crippen LogP contribution < -0.4 is 0 Å². The van der Waals surface area contributed by atoms with Crippen LogP contribution in [0.1, 0.15) is 23.1 Å². The molecule has 0 bridgehead atoms. The molecule has 0 aliphatic carbocycles. The highest BCUT2D eigenvalue weighted by Crippen LogP contribution is 2.10. The van der Waals surface area contributed by atoms with E-state index in [1.54, 1.807) is 26.0 Å². The molecule has 2 heterocycles. The second-order valence-corrected chi connectivity index (χ2v) is 3.91. The zero-order valence-corrected chi connectivity index (χ0v) is 10.7. The smallest absolute Gasteiger partial charge is 0.360 e. The standard InChI is InChI=1S/C11H11ClN4O2/c1-3-18-11(17)10-7(2)14-16(15-10)9-5-4-8(12)6-13-9/h4-6H,3H2,1-2H3. The van der Waals surface area contributed by atoms with Gasteiger partial charge in [-0.05, 0) is 26.0 Å². The van der Waals surface area contributed by atoms with Crippen molar-refractivity contribution in [2.24, 2.45) is 0 Å². The van der Waals surface area contributed by atoms with Crippen molar-refractivity contribution < 1.29 is 9.53 Å². The van der Waals surface area contributed by atoms with E-state index in [0.29, 0.717) is 23.1 Å². The Morgan fingerprint density at radius 1 is 1.44 bits per heavy atom. The second-order valence-electron chi connectivity index (χ2n) is 3.48. The number of rotatable bonds is 3. The third-order valence-corrected chi connectivity index (χ3v) is 2.39. The highest BCUT2D eigenvalue weighted by Gasteiger charge is 2.17. The summed E-state index contributed by atoms with van der Waals surface area (Å²) in [6.45, 7) is 3.72. The largest absolute Gasteiger partial charge is 0.461 e. The number of carbonyl (C=O) groups excluding carboxylic acids is 1. The Morgan fingerprint density at radius 3 is 2.83 bits per heavy atom. The van der Waals surface area contributed by atoms with E-state index in [0.717, 1.165) is 0 Å². The van der Waals surface area contributed by atoms with Crippen molar-refractivity contribution in [1.82, 2.24) is 20.0 Å². The summed E-state index contributed by atoms with van der Waals surface area (Å²) in [6.07, 6.45) is 1.49. The van der Waals surface area contributed by atoms with Gasteiger partial charge in [-0.25, -0.2) is 9.78 Å². The average Bonchev–Trinajstić information content (AvgIpc) is 2.72. The Labute approximate surface area is 109 Å². The molecule has 0 aromatic carbocycles. The minimum Gasteiger partial charge on any atom is -0.461 e. The van der Waals surface area contributed by atoms with Crippen molar-refractivity contribution in [3.8, 4) is 5.82 Å². The van der Waals surface area contributed by atoms with Gasteiger partial charge in [-0.2, -0.15) is 5.10 Å². The monoisotopic (exact) mass is 266 g/mol. The lowest BCUT2D eigenvalue weighted by Crippen LogP contribution is -2.08. The van der Waals surface area contributed by atoms with Crippen molar-refractivity contribution in [3.05, 3.63) is 34.7 Å². The Hall–Kier alpha value is -1.95. The van der Waals surface area contributed by atoms with Crippen molar-refractivity contribution >= 4 is 17.6 Å². The summed E-state index contributed by atoms with van der Waals surface area (Å²) in [5.74, 6) is -0.00624. The van der Waals surface area contributed by atoms with Crippen LogP contribution in [-0.4, -0.2) is 32.6 Å². The zero-order chi connectivity index (χ0) is 13.1. The van der Waals surface area contributed by atoms with Gasteiger partial charge < -0.3 is 4.74 Å². The first-order chi connectivity index (χ1) is 8.61. The van der Waals surface area contributed by atoms with Crippen LogP contribution in [0.15, 0.2) is 18.3 Å². The third-order valence-electron chi connectivity index (χ3n) is 2.17. The fourth-order valence-corrected chi connectivity index (χ4v) is 1.47. The van der Waals surface area contributed by atoms with Gasteiger partial charge in [0, 0.05) is 6.20 Å². The Kier molecular flexibility index (Phi) is 3.57. The number of nitrogens with zero attached hydrogens (tertiary/aromatic N) is 4. The molecular formula is C11H11ClN4O2. The summed E-state index contributed by atoms with van der Waals surface area (Å²) < 4.78 is 4.88. The van der Waals surface area contributed by atoms with Crippen molar-refractivity contribution in [1.29, 1.82) is 0 Å². The van der Waals surface area contributed by atoms with Gasteiger partial charge in [0.05, 0.1) is 17.3 Å². The molecule has 6 nitrogen and oxygen atoms in total. The number of aryl methyl sites for hydroxylation is 1. The molecule has 0 N–H and O–H groups in total. The zero-order valence-electron chi connectivity index (χ0n) is 9.92.